The van der Waals surface area contributed by atoms with Crippen LogP contribution in [0.4, 0.5) is 0 Å². The Morgan fingerprint density at radius 2 is 0.682 bits per heavy atom. The van der Waals surface area contributed by atoms with Crippen LogP contribution in [0.1, 0.15) is 0 Å². The third-order valence-corrected chi connectivity index (χ3v) is 22.8. The van der Waals surface area contributed by atoms with Crippen LogP contribution in [0.5, 0.6) is 0 Å². The van der Waals surface area contributed by atoms with E-state index in [-0.39, 0.29) is 77.9 Å². The van der Waals surface area contributed by atoms with Crippen LogP contribution < -0.4 is 0 Å². The molecule has 0 amide bonds. The van der Waals surface area contributed by atoms with Crippen LogP contribution in [0.25, 0.3) is 154 Å². The monoisotopic (exact) mass is 1790 g/mol. The molecule has 0 aliphatic carbocycles. The molecule has 0 fully saturated rings. The molecule has 18 aromatic rings. The summed E-state index contributed by atoms with van der Waals surface area (Å²) in [6, 6.07) is 117. The minimum absolute atomic E-state index is 0. The van der Waals surface area contributed by atoms with Gasteiger partial charge in [-0.25, -0.2) is 12.6 Å². The number of aromatic nitrogens is 4. The molecule has 8 heterocycles. The number of rotatable bonds is 8. The van der Waals surface area contributed by atoms with Gasteiger partial charge in [0.05, 0.1) is 30.4 Å². The molecular formula is C92H56N4O4Rh4S3-4. The molecule has 1 unspecified atom stereocenters. The van der Waals surface area contributed by atoms with E-state index in [2.05, 4.69) is 147 Å². The Balaban J connectivity index is 0.000000125. The minimum atomic E-state index is -3.48. The van der Waals surface area contributed by atoms with E-state index < -0.39 is 20.6 Å². The van der Waals surface area contributed by atoms with Crippen LogP contribution >= 0.6 is 11.3 Å². The third-order valence-electron chi connectivity index (χ3n) is 18.4. The van der Waals surface area contributed by atoms with Gasteiger partial charge in [-0.1, -0.05) is 140 Å². The molecule has 20 rings (SSSR count). The molecule has 2 aliphatic heterocycles. The van der Waals surface area contributed by atoms with Crippen molar-refractivity contribution < 1.29 is 95.0 Å². The molecule has 15 heteroatoms. The number of thiophene rings is 1. The van der Waals surface area contributed by atoms with Crippen molar-refractivity contribution in [3.63, 3.8) is 0 Å². The van der Waals surface area contributed by atoms with E-state index in [0.29, 0.717) is 9.79 Å². The van der Waals surface area contributed by atoms with E-state index in [9.17, 15) is 12.6 Å². The van der Waals surface area contributed by atoms with E-state index in [0.717, 1.165) is 132 Å². The van der Waals surface area contributed by atoms with Crippen molar-refractivity contribution in [2.45, 2.75) is 19.6 Å². The van der Waals surface area contributed by atoms with E-state index in [4.69, 9.17) is 4.42 Å². The number of fused-ring (bicyclic) bond motifs is 12. The molecule has 0 saturated heterocycles. The molecule has 526 valence electrons. The first-order chi connectivity index (χ1) is 50.7. The van der Waals surface area contributed by atoms with Crippen LogP contribution in [0.15, 0.2) is 364 Å². The summed E-state index contributed by atoms with van der Waals surface area (Å²) < 4.78 is 47.4. The van der Waals surface area contributed by atoms with Gasteiger partial charge in [0.1, 0.15) is 11.2 Å². The minimum Gasteiger partial charge on any atom is -0.456 e. The van der Waals surface area contributed by atoms with Crippen molar-refractivity contribution in [3.05, 3.63) is 365 Å². The molecule has 0 N–H and O–H groups in total. The summed E-state index contributed by atoms with van der Waals surface area (Å²) in [6.45, 7) is 0. The van der Waals surface area contributed by atoms with Gasteiger partial charge in [0.2, 0.25) is 9.84 Å². The summed E-state index contributed by atoms with van der Waals surface area (Å²) in [5.74, 6) is 0. The largest absolute Gasteiger partial charge is 0.456 e. The number of nitrogens with zero attached hydrogens (tertiary/aromatic N) is 4. The number of sulfone groups is 1. The van der Waals surface area contributed by atoms with E-state index in [1.54, 1.807) is 24.4 Å². The second kappa shape index (κ2) is 33.3. The fourth-order valence-corrected chi connectivity index (χ4v) is 17.6. The summed E-state index contributed by atoms with van der Waals surface area (Å²) in [7, 11) is -4.60. The first-order valence-electron chi connectivity index (χ1n) is 33.4. The smallest absolute Gasteiger partial charge is 0.207 e. The SMILES string of the molecule is O=S1(=O)c2ccccc2-c2ccc(-c3ccnc(-c4[c-]cccc4)c3)cc21.O=S1c2ccccc2-c2ccc(-c3ccnc(-c4[c-]cccc4)c3)cc21.[Rh].[Rh].[Rh].[Rh].[c-]1ccccc1-c1cc(-c2ccc3c(c2)oc2ccccc23)ccn1.[c-]1ccccc1-c1cc(-c2ccc3c(c2)sc2ccccc23)ccn1. The normalized spacial score (nSPS) is 12.3. The molecule has 107 heavy (non-hydrogen) atoms. The van der Waals surface area contributed by atoms with Gasteiger partial charge in [-0.05, 0) is 157 Å². The zero-order valence-corrected chi connectivity index (χ0v) is 65.3. The number of hydrogen-bond acceptors (Lipinski definition) is 9. The molecule has 4 radical (unpaired) electrons. The van der Waals surface area contributed by atoms with Crippen molar-refractivity contribution in [3.8, 4) is 112 Å². The first kappa shape index (κ1) is 75.1. The van der Waals surface area contributed by atoms with Gasteiger partial charge >= 0.3 is 0 Å². The summed E-state index contributed by atoms with van der Waals surface area (Å²) in [6.07, 6.45) is 7.27. The van der Waals surface area contributed by atoms with Crippen LogP contribution in [0.2, 0.25) is 0 Å². The molecule has 6 aromatic heterocycles. The number of hydrogen-bond donors (Lipinski definition) is 0. The number of pyridine rings is 4. The maximum absolute atomic E-state index is 12.9. The van der Waals surface area contributed by atoms with Crippen molar-refractivity contribution in [2.75, 3.05) is 0 Å². The fraction of sp³-hybridized carbons (Fsp3) is 0. The van der Waals surface area contributed by atoms with E-state index in [1.807, 2.05) is 224 Å². The van der Waals surface area contributed by atoms with Gasteiger partial charge in [-0.15, -0.1) is 155 Å². The van der Waals surface area contributed by atoms with Gasteiger partial charge in [0, 0.05) is 145 Å². The average molecular weight is 1790 g/mol. The third kappa shape index (κ3) is 15.4. The molecule has 2 aliphatic rings. The summed E-state index contributed by atoms with van der Waals surface area (Å²) in [5.41, 5.74) is 21.5. The molecular weight excluding hydrogens is 1730 g/mol. The maximum atomic E-state index is 12.9. The fourth-order valence-electron chi connectivity index (χ4n) is 13.3. The Bertz CT molecular complexity index is 6190. The standard InChI is InChI=1S/C23H14NO2S.C23H14NOS.C23H14NO.C23H14NS.4Rh/c25-27(26)22-9-5-4-8-19(22)20-11-10-17(15-23(20)27)18-12-13-24-21(14-18)16-6-2-1-3-7-16;25-26-22-9-5-4-8-19(22)20-11-10-17(15-23(20)26)18-12-13-24-21(14-18)16-6-2-1-3-7-16;2*1-2-6-16(7-3-1)21-14-18(12-13-24-21)17-10-11-20-19-8-4-5-9-22(19)25-23(20)15-17;;;;/h1-6,8-15H;1-6,8-15H;2*1-6,8-15H;;;;/q4*-1;;;;. The molecule has 1 atom stereocenters. The number of para-hydroxylation sites is 1. The molecule has 12 aromatic carbocycles. The van der Waals surface area contributed by atoms with Crippen LogP contribution in [-0.4, -0.2) is 32.6 Å². The predicted molar refractivity (Wildman–Crippen MR) is 417 cm³/mol. The van der Waals surface area contributed by atoms with Crippen molar-refractivity contribution in [1.29, 1.82) is 0 Å². The van der Waals surface area contributed by atoms with Gasteiger partial charge in [0.15, 0.2) is 0 Å². The van der Waals surface area contributed by atoms with Crippen molar-refractivity contribution >= 4 is 74.1 Å². The van der Waals surface area contributed by atoms with Gasteiger partial charge < -0.3 is 24.4 Å². The van der Waals surface area contributed by atoms with Crippen LogP contribution in [0.3, 0.4) is 0 Å². The van der Waals surface area contributed by atoms with Crippen molar-refractivity contribution in [1.82, 2.24) is 19.9 Å². The zero-order chi connectivity index (χ0) is 69.2. The molecule has 0 spiro atoms. The van der Waals surface area contributed by atoms with Crippen LogP contribution in [0, 0.1) is 24.3 Å². The van der Waals surface area contributed by atoms with E-state index in [1.165, 1.54) is 31.3 Å². The maximum Gasteiger partial charge on any atom is 0.207 e. The topological polar surface area (TPSA) is 116 Å². The zero-order valence-electron chi connectivity index (χ0n) is 56.3. The Labute approximate surface area is 678 Å². The van der Waals surface area contributed by atoms with E-state index >= 15 is 0 Å². The first-order valence-corrected chi connectivity index (χ1v) is 36.9. The Hall–Kier alpha value is -10.1. The molecule has 0 bridgehead atoms. The summed E-state index contributed by atoms with van der Waals surface area (Å²) >= 11 is 1.85. The molecule has 0 saturated carbocycles. The second-order valence-electron chi connectivity index (χ2n) is 24.6. The quantitative estimate of drug-likeness (QED) is 0.109. The number of furan rings is 1. The van der Waals surface area contributed by atoms with Crippen molar-refractivity contribution in [2.24, 2.45) is 0 Å². The predicted octanol–water partition coefficient (Wildman–Crippen LogP) is 23.1. The summed E-state index contributed by atoms with van der Waals surface area (Å²) in [4.78, 5) is 20.4. The Kier molecular flexibility index (Phi) is 23.4. The Morgan fingerprint density at radius 1 is 0.299 bits per heavy atom. The summed E-state index contributed by atoms with van der Waals surface area (Å²) in [5, 5.41) is 4.96. The molecule has 8 nitrogen and oxygen atoms in total. The van der Waals surface area contributed by atoms with Gasteiger partial charge in [-0.2, -0.15) is 0 Å². The average Bonchev–Trinajstić information content (AvgIpc) is 1.58. The number of benzene rings is 12. The Morgan fingerprint density at radius 3 is 1.22 bits per heavy atom. The van der Waals surface area contributed by atoms with Gasteiger partial charge in [0.25, 0.3) is 0 Å². The second-order valence-corrected chi connectivity index (χ2v) is 29.0. The van der Waals surface area contributed by atoms with Gasteiger partial charge in [-0.3, -0.25) is 0 Å². The van der Waals surface area contributed by atoms with Crippen LogP contribution in [-0.2, 0) is 98.5 Å².